The van der Waals surface area contributed by atoms with Crippen LogP contribution in [-0.4, -0.2) is 55.7 Å². The molecule has 0 aromatic heterocycles. The Morgan fingerprint density at radius 2 is 1.65 bits per heavy atom. The highest BCUT2D eigenvalue weighted by Gasteiger charge is 2.15. The highest BCUT2D eigenvalue weighted by molar-refractivity contribution is 5.67. The number of amides is 1. The van der Waals surface area contributed by atoms with Crippen molar-refractivity contribution in [2.45, 2.75) is 39.2 Å². The Labute approximate surface area is 119 Å². The second kappa shape index (κ2) is 10.4. The second-order valence-corrected chi connectivity index (χ2v) is 5.15. The predicted molar refractivity (Wildman–Crippen MR) is 72.7 cm³/mol. The van der Waals surface area contributed by atoms with E-state index in [2.05, 4.69) is 5.32 Å². The first-order valence-corrected chi connectivity index (χ1v) is 6.65. The summed E-state index contributed by atoms with van der Waals surface area (Å²) in [4.78, 5) is 21.5. The van der Waals surface area contributed by atoms with Gasteiger partial charge >= 0.3 is 12.1 Å². The van der Waals surface area contributed by atoms with Gasteiger partial charge in [0.05, 0.1) is 19.8 Å². The summed E-state index contributed by atoms with van der Waals surface area (Å²) in [6.07, 6.45) is 0.141. The summed E-state index contributed by atoms with van der Waals surface area (Å²) in [6, 6.07) is 0. The molecule has 20 heavy (non-hydrogen) atoms. The van der Waals surface area contributed by atoms with Crippen molar-refractivity contribution in [2.24, 2.45) is 0 Å². The van der Waals surface area contributed by atoms with Gasteiger partial charge in [0.2, 0.25) is 0 Å². The molecule has 0 aliphatic rings. The van der Waals surface area contributed by atoms with Gasteiger partial charge in [-0.15, -0.1) is 0 Å². The fraction of sp³-hybridized carbons (Fsp3) is 0.846. The third-order valence-electron chi connectivity index (χ3n) is 1.97. The van der Waals surface area contributed by atoms with Crippen LogP contribution in [-0.2, 0) is 19.0 Å². The quantitative estimate of drug-likeness (QED) is 0.591. The van der Waals surface area contributed by atoms with E-state index in [0.29, 0.717) is 39.4 Å². The molecule has 0 saturated heterocycles. The summed E-state index contributed by atoms with van der Waals surface area (Å²) < 4.78 is 15.5. The van der Waals surface area contributed by atoms with Crippen LogP contribution >= 0.6 is 0 Å². The fourth-order valence-corrected chi connectivity index (χ4v) is 1.19. The van der Waals surface area contributed by atoms with Crippen LogP contribution in [0.15, 0.2) is 0 Å². The molecule has 0 aromatic carbocycles. The van der Waals surface area contributed by atoms with Gasteiger partial charge in [-0.2, -0.15) is 0 Å². The first-order chi connectivity index (χ1) is 9.31. The Bertz CT molecular complexity index is 287. The van der Waals surface area contributed by atoms with Gasteiger partial charge in [0, 0.05) is 19.6 Å². The molecule has 2 N–H and O–H groups in total. The number of carbonyl (C=O) groups excluding carboxylic acids is 1. The van der Waals surface area contributed by atoms with E-state index in [1.54, 1.807) is 20.8 Å². The van der Waals surface area contributed by atoms with Gasteiger partial charge < -0.3 is 24.6 Å². The van der Waals surface area contributed by atoms with E-state index in [-0.39, 0.29) is 6.42 Å². The number of ether oxygens (including phenoxy) is 3. The largest absolute Gasteiger partial charge is 0.481 e. The van der Waals surface area contributed by atoms with Gasteiger partial charge in [-0.25, -0.2) is 4.79 Å². The summed E-state index contributed by atoms with van der Waals surface area (Å²) in [6.45, 7) is 7.35. The zero-order valence-corrected chi connectivity index (χ0v) is 12.4. The van der Waals surface area contributed by atoms with Crippen LogP contribution in [0, 0.1) is 0 Å². The molecule has 0 aliphatic heterocycles. The van der Waals surface area contributed by atoms with Crippen molar-refractivity contribution in [3.8, 4) is 0 Å². The number of carboxylic acids is 1. The molecule has 0 fully saturated rings. The molecule has 7 heteroatoms. The minimum atomic E-state index is -0.821. The van der Waals surface area contributed by atoms with Crippen molar-refractivity contribution < 1.29 is 28.9 Å². The molecule has 0 spiro atoms. The van der Waals surface area contributed by atoms with Gasteiger partial charge in [-0.05, 0) is 27.2 Å². The Morgan fingerprint density at radius 3 is 2.20 bits per heavy atom. The number of hydrogen-bond acceptors (Lipinski definition) is 5. The highest BCUT2D eigenvalue weighted by Crippen LogP contribution is 2.05. The van der Waals surface area contributed by atoms with E-state index in [9.17, 15) is 9.59 Å². The van der Waals surface area contributed by atoms with E-state index in [1.165, 1.54) is 0 Å². The minimum absolute atomic E-state index is 0.112. The maximum absolute atomic E-state index is 11.3. The predicted octanol–water partition coefficient (Wildman–Crippen LogP) is 1.41. The van der Waals surface area contributed by atoms with Crippen LogP contribution in [0.3, 0.4) is 0 Å². The molecular weight excluding hydrogens is 266 g/mol. The lowest BCUT2D eigenvalue weighted by Gasteiger charge is -2.19. The molecule has 0 rings (SSSR count). The van der Waals surface area contributed by atoms with Crippen molar-refractivity contribution in [3.63, 3.8) is 0 Å². The summed E-state index contributed by atoms with van der Waals surface area (Å²) in [5.74, 6) is -0.821. The van der Waals surface area contributed by atoms with Crippen molar-refractivity contribution in [3.05, 3.63) is 0 Å². The third-order valence-corrected chi connectivity index (χ3v) is 1.97. The number of hydrogen-bond donors (Lipinski definition) is 2. The lowest BCUT2D eigenvalue weighted by atomic mass is 10.2. The molecule has 118 valence electrons. The van der Waals surface area contributed by atoms with E-state index in [1.807, 2.05) is 0 Å². The van der Waals surface area contributed by atoms with Gasteiger partial charge in [0.15, 0.2) is 0 Å². The summed E-state index contributed by atoms with van der Waals surface area (Å²) in [7, 11) is 0. The summed E-state index contributed by atoms with van der Waals surface area (Å²) in [5, 5.41) is 11.0. The monoisotopic (exact) mass is 291 g/mol. The van der Waals surface area contributed by atoms with E-state index in [0.717, 1.165) is 0 Å². The Kier molecular flexibility index (Phi) is 9.75. The van der Waals surface area contributed by atoms with E-state index in [4.69, 9.17) is 19.3 Å². The normalized spacial score (nSPS) is 11.2. The molecule has 0 atom stereocenters. The number of alkyl carbamates (subject to hydrolysis) is 1. The van der Waals surface area contributed by atoms with Crippen LogP contribution in [0.1, 0.15) is 33.6 Å². The molecule has 0 unspecified atom stereocenters. The molecule has 7 nitrogen and oxygen atoms in total. The average molecular weight is 291 g/mol. The highest BCUT2D eigenvalue weighted by atomic mass is 16.6. The average Bonchev–Trinajstić information content (AvgIpc) is 2.28. The molecule has 0 aliphatic carbocycles. The van der Waals surface area contributed by atoms with Crippen LogP contribution < -0.4 is 5.32 Å². The van der Waals surface area contributed by atoms with Crippen molar-refractivity contribution in [2.75, 3.05) is 33.0 Å². The topological polar surface area (TPSA) is 94.1 Å². The maximum Gasteiger partial charge on any atom is 0.407 e. The lowest BCUT2D eigenvalue weighted by molar-refractivity contribution is -0.137. The van der Waals surface area contributed by atoms with Crippen LogP contribution in [0.5, 0.6) is 0 Å². The lowest BCUT2D eigenvalue weighted by Crippen LogP contribution is -2.34. The Morgan fingerprint density at radius 1 is 1.05 bits per heavy atom. The van der Waals surface area contributed by atoms with Crippen molar-refractivity contribution >= 4 is 12.1 Å². The first-order valence-electron chi connectivity index (χ1n) is 6.65. The molecule has 0 saturated carbocycles. The van der Waals surface area contributed by atoms with Crippen molar-refractivity contribution in [1.29, 1.82) is 0 Å². The SMILES string of the molecule is CC(C)(C)OC(=O)NCCOCCOCCCC(=O)O. The summed E-state index contributed by atoms with van der Waals surface area (Å²) >= 11 is 0. The molecule has 0 radical (unpaired) electrons. The van der Waals surface area contributed by atoms with Gasteiger partial charge in [-0.3, -0.25) is 4.79 Å². The van der Waals surface area contributed by atoms with E-state index < -0.39 is 17.7 Å². The second-order valence-electron chi connectivity index (χ2n) is 5.15. The van der Waals surface area contributed by atoms with Crippen molar-refractivity contribution in [1.82, 2.24) is 5.32 Å². The van der Waals surface area contributed by atoms with Crippen LogP contribution in [0.2, 0.25) is 0 Å². The number of rotatable bonds is 10. The number of carbonyl (C=O) groups is 2. The van der Waals surface area contributed by atoms with Gasteiger partial charge in [-0.1, -0.05) is 0 Å². The molecular formula is C13H25NO6. The zero-order chi connectivity index (χ0) is 15.4. The first kappa shape index (κ1) is 18.7. The third kappa shape index (κ3) is 14.7. The Balaban J connectivity index is 3.25. The number of carboxylic acid groups (broad SMARTS) is 1. The zero-order valence-electron chi connectivity index (χ0n) is 12.4. The smallest absolute Gasteiger partial charge is 0.407 e. The Hall–Kier alpha value is -1.34. The molecule has 0 heterocycles. The minimum Gasteiger partial charge on any atom is -0.481 e. The molecule has 1 amide bonds. The maximum atomic E-state index is 11.3. The number of nitrogens with one attached hydrogen (secondary N) is 1. The summed E-state index contributed by atoms with van der Waals surface area (Å²) in [5.41, 5.74) is -0.505. The van der Waals surface area contributed by atoms with E-state index >= 15 is 0 Å². The fourth-order valence-electron chi connectivity index (χ4n) is 1.19. The van der Waals surface area contributed by atoms with Crippen LogP contribution in [0.4, 0.5) is 4.79 Å². The molecule has 0 bridgehead atoms. The standard InChI is InChI=1S/C13H25NO6/c1-13(2,3)20-12(17)14-6-8-19-10-9-18-7-4-5-11(15)16/h4-10H2,1-3H3,(H,14,17)(H,15,16). The van der Waals surface area contributed by atoms with Gasteiger partial charge in [0.1, 0.15) is 5.60 Å². The van der Waals surface area contributed by atoms with Gasteiger partial charge in [0.25, 0.3) is 0 Å². The number of aliphatic carboxylic acids is 1. The molecule has 0 aromatic rings. The van der Waals surface area contributed by atoms with Crippen LogP contribution in [0.25, 0.3) is 0 Å².